The van der Waals surface area contributed by atoms with Crippen molar-refractivity contribution in [3.63, 3.8) is 0 Å². The van der Waals surface area contributed by atoms with Crippen LogP contribution in [0.3, 0.4) is 0 Å². The lowest BCUT2D eigenvalue weighted by Gasteiger charge is -2.12. The highest BCUT2D eigenvalue weighted by Gasteiger charge is 2.22. The summed E-state index contributed by atoms with van der Waals surface area (Å²) in [6, 6.07) is 5.50. The number of hydrogen-bond acceptors (Lipinski definition) is 5. The zero-order valence-electron chi connectivity index (χ0n) is 9.10. The average Bonchev–Trinajstić information content (AvgIpc) is 2.35. The van der Waals surface area contributed by atoms with Gasteiger partial charge in [0.15, 0.2) is 0 Å². The van der Waals surface area contributed by atoms with Gasteiger partial charge in [0.2, 0.25) is 0 Å². The van der Waals surface area contributed by atoms with E-state index in [1.807, 2.05) is 0 Å². The first-order valence-electron chi connectivity index (χ1n) is 4.62. The maximum atomic E-state index is 11.4. The molecule has 0 aliphatic rings. The lowest BCUT2D eigenvalue weighted by atomic mass is 10.0. The third-order valence-corrected chi connectivity index (χ3v) is 2.16. The van der Waals surface area contributed by atoms with Crippen LogP contribution in [0, 0.1) is 0 Å². The number of rotatable bonds is 3. The van der Waals surface area contributed by atoms with Gasteiger partial charge in [0.05, 0.1) is 19.8 Å². The van der Waals surface area contributed by atoms with E-state index in [0.717, 1.165) is 0 Å². The molecule has 1 rings (SSSR count). The Morgan fingerprint density at radius 3 is 2.38 bits per heavy atom. The number of ether oxygens (including phenoxy) is 2. The molecule has 5 heteroatoms. The molecule has 16 heavy (non-hydrogen) atoms. The first-order chi connectivity index (χ1) is 7.61. The normalized spacial score (nSPS) is 11.7. The smallest absolute Gasteiger partial charge is 0.338 e. The number of benzene rings is 1. The molecular formula is C11H13NO4. The van der Waals surface area contributed by atoms with Crippen molar-refractivity contribution >= 4 is 11.9 Å². The largest absolute Gasteiger partial charge is 0.468 e. The Morgan fingerprint density at radius 2 is 1.81 bits per heavy atom. The molecule has 0 spiro atoms. The van der Waals surface area contributed by atoms with Crippen molar-refractivity contribution < 1.29 is 19.1 Å². The first-order valence-corrected chi connectivity index (χ1v) is 4.62. The lowest BCUT2D eigenvalue weighted by molar-refractivity contribution is -0.142. The van der Waals surface area contributed by atoms with Gasteiger partial charge in [-0.05, 0) is 11.6 Å². The van der Waals surface area contributed by atoms with Crippen LogP contribution in [0.25, 0.3) is 0 Å². The molecule has 1 aromatic rings. The van der Waals surface area contributed by atoms with Crippen molar-refractivity contribution in [2.24, 2.45) is 5.73 Å². The van der Waals surface area contributed by atoms with E-state index >= 15 is 0 Å². The predicted octanol–water partition coefficient (Wildman–Crippen LogP) is 0.646. The summed E-state index contributed by atoms with van der Waals surface area (Å²) in [7, 11) is 2.51. The number of carbonyl (C=O) groups excluding carboxylic acids is 2. The molecule has 0 unspecified atom stereocenters. The Morgan fingerprint density at radius 1 is 1.19 bits per heavy atom. The molecule has 86 valence electrons. The fraction of sp³-hybridized carbons (Fsp3) is 0.273. The molecule has 0 amide bonds. The summed E-state index contributed by atoms with van der Waals surface area (Å²) >= 11 is 0. The van der Waals surface area contributed by atoms with Crippen molar-refractivity contribution in [3.05, 3.63) is 35.4 Å². The van der Waals surface area contributed by atoms with Crippen molar-refractivity contribution in [2.75, 3.05) is 14.2 Å². The highest BCUT2D eigenvalue weighted by molar-refractivity contribution is 5.93. The number of carbonyl (C=O) groups is 2. The van der Waals surface area contributed by atoms with Crippen LogP contribution < -0.4 is 5.73 Å². The molecule has 1 atom stereocenters. The van der Waals surface area contributed by atoms with Crippen LogP contribution in [-0.2, 0) is 14.3 Å². The minimum absolute atomic E-state index is 0.267. The number of nitrogens with two attached hydrogens (primary N) is 1. The minimum atomic E-state index is -0.986. The second-order valence-corrected chi connectivity index (χ2v) is 3.08. The van der Waals surface area contributed by atoms with Gasteiger partial charge >= 0.3 is 11.9 Å². The summed E-state index contributed by atoms with van der Waals surface area (Å²) in [6.07, 6.45) is 0. The fourth-order valence-electron chi connectivity index (χ4n) is 1.32. The summed E-state index contributed by atoms with van der Waals surface area (Å²) in [5.41, 5.74) is 6.32. The highest BCUT2D eigenvalue weighted by atomic mass is 16.5. The molecule has 0 aliphatic carbocycles. The van der Waals surface area contributed by atoms with Gasteiger partial charge in [-0.3, -0.25) is 4.79 Å². The van der Waals surface area contributed by atoms with Gasteiger partial charge in [-0.1, -0.05) is 18.2 Å². The summed E-state index contributed by atoms with van der Waals surface area (Å²) in [5.74, 6) is -1.13. The van der Waals surface area contributed by atoms with Gasteiger partial charge in [-0.2, -0.15) is 0 Å². The number of hydrogen-bond donors (Lipinski definition) is 1. The Kier molecular flexibility index (Phi) is 4.02. The van der Waals surface area contributed by atoms with E-state index in [9.17, 15) is 9.59 Å². The molecule has 0 aliphatic heterocycles. The maximum Gasteiger partial charge on any atom is 0.338 e. The van der Waals surface area contributed by atoms with Gasteiger partial charge in [-0.25, -0.2) is 4.79 Å². The maximum absolute atomic E-state index is 11.4. The first kappa shape index (κ1) is 12.2. The average molecular weight is 223 g/mol. The van der Waals surface area contributed by atoms with Crippen LogP contribution >= 0.6 is 0 Å². The third-order valence-electron chi connectivity index (χ3n) is 2.16. The van der Waals surface area contributed by atoms with E-state index in [4.69, 9.17) is 5.73 Å². The highest BCUT2D eigenvalue weighted by Crippen LogP contribution is 2.17. The van der Waals surface area contributed by atoms with Gasteiger partial charge in [-0.15, -0.1) is 0 Å². The molecule has 0 saturated carbocycles. The second kappa shape index (κ2) is 5.27. The molecule has 1 aromatic carbocycles. The Bertz CT molecular complexity index is 403. The monoisotopic (exact) mass is 223 g/mol. The quantitative estimate of drug-likeness (QED) is 0.761. The van der Waals surface area contributed by atoms with Gasteiger partial charge in [0, 0.05) is 0 Å². The van der Waals surface area contributed by atoms with Crippen LogP contribution in [0.1, 0.15) is 22.0 Å². The lowest BCUT2D eigenvalue weighted by Crippen LogP contribution is -2.25. The zero-order chi connectivity index (χ0) is 12.1. The van der Waals surface area contributed by atoms with E-state index < -0.39 is 18.0 Å². The summed E-state index contributed by atoms with van der Waals surface area (Å²) in [6.45, 7) is 0. The van der Waals surface area contributed by atoms with Crippen LogP contribution in [0.2, 0.25) is 0 Å². The van der Waals surface area contributed by atoms with E-state index in [1.54, 1.807) is 24.3 Å². The molecule has 5 nitrogen and oxygen atoms in total. The second-order valence-electron chi connectivity index (χ2n) is 3.08. The Hall–Kier alpha value is -1.88. The van der Waals surface area contributed by atoms with Crippen LogP contribution in [0.5, 0.6) is 0 Å². The van der Waals surface area contributed by atoms with E-state index in [0.29, 0.717) is 5.56 Å². The van der Waals surface area contributed by atoms with Crippen molar-refractivity contribution in [1.29, 1.82) is 0 Å². The van der Waals surface area contributed by atoms with E-state index in [1.165, 1.54) is 14.2 Å². The summed E-state index contributed by atoms with van der Waals surface area (Å²) in [5, 5.41) is 0. The molecule has 0 radical (unpaired) electrons. The van der Waals surface area contributed by atoms with Crippen LogP contribution in [0.15, 0.2) is 24.3 Å². The summed E-state index contributed by atoms with van der Waals surface area (Å²) < 4.78 is 9.11. The molecular weight excluding hydrogens is 210 g/mol. The SMILES string of the molecule is COC(=O)c1ccccc1[C@H](N)C(=O)OC. The van der Waals surface area contributed by atoms with Gasteiger partial charge in [0.25, 0.3) is 0 Å². The molecule has 0 saturated heterocycles. The molecule has 0 aromatic heterocycles. The Balaban J connectivity index is 3.13. The predicted molar refractivity (Wildman–Crippen MR) is 56.7 cm³/mol. The minimum Gasteiger partial charge on any atom is -0.468 e. The van der Waals surface area contributed by atoms with Crippen molar-refractivity contribution in [2.45, 2.75) is 6.04 Å². The summed E-state index contributed by atoms with van der Waals surface area (Å²) in [4.78, 5) is 22.7. The van der Waals surface area contributed by atoms with Crippen LogP contribution in [0.4, 0.5) is 0 Å². The third kappa shape index (κ3) is 2.38. The van der Waals surface area contributed by atoms with Crippen molar-refractivity contribution in [1.82, 2.24) is 0 Å². The van der Waals surface area contributed by atoms with Gasteiger partial charge < -0.3 is 15.2 Å². The van der Waals surface area contributed by atoms with Crippen LogP contribution in [-0.4, -0.2) is 26.2 Å². The van der Waals surface area contributed by atoms with Crippen molar-refractivity contribution in [3.8, 4) is 0 Å². The number of esters is 2. The van der Waals surface area contributed by atoms with E-state index in [2.05, 4.69) is 9.47 Å². The van der Waals surface area contributed by atoms with Gasteiger partial charge in [0.1, 0.15) is 6.04 Å². The van der Waals surface area contributed by atoms with E-state index in [-0.39, 0.29) is 5.56 Å². The molecule has 0 bridgehead atoms. The number of methoxy groups -OCH3 is 2. The molecule has 0 fully saturated rings. The topological polar surface area (TPSA) is 78.6 Å². The standard InChI is InChI=1S/C11H13NO4/c1-15-10(13)8-6-4-3-5-7(8)9(12)11(14)16-2/h3-6,9H,12H2,1-2H3/t9-/m0/s1. The molecule has 2 N–H and O–H groups in total. The Labute approximate surface area is 93.1 Å². The fourth-order valence-corrected chi connectivity index (χ4v) is 1.32. The molecule has 0 heterocycles. The zero-order valence-corrected chi connectivity index (χ0v) is 9.10.